The molecule has 3 heteroatoms. The molecule has 0 bridgehead atoms. The van der Waals surface area contributed by atoms with Gasteiger partial charge < -0.3 is 5.11 Å². The summed E-state index contributed by atoms with van der Waals surface area (Å²) in [5.41, 5.74) is 6.92. The lowest BCUT2D eigenvalue weighted by Crippen LogP contribution is -2.15. The quantitative estimate of drug-likeness (QED) is 0.585. The van der Waals surface area contributed by atoms with Gasteiger partial charge in [-0.1, -0.05) is 47.5 Å². The minimum absolute atomic E-state index is 0.0620. The molecular weight excluding hydrogens is 360 g/mol. The van der Waals surface area contributed by atoms with Gasteiger partial charge in [0.05, 0.1) is 5.56 Å². The Morgan fingerprint density at radius 3 is 1.48 bits per heavy atom. The number of rotatable bonds is 4. The number of carbonyl (C=O) groups is 2. The number of hydrogen-bond acceptors (Lipinski definition) is 3. The van der Waals surface area contributed by atoms with E-state index in [4.69, 9.17) is 0 Å². The Balaban J connectivity index is 2.22. The van der Waals surface area contributed by atoms with Gasteiger partial charge in [-0.05, 0) is 69.9 Å². The number of ketones is 2. The third-order valence-electron chi connectivity index (χ3n) is 5.32. The number of phenols is 1. The highest BCUT2D eigenvalue weighted by molar-refractivity contribution is 6.22. The zero-order chi connectivity index (χ0) is 21.5. The number of phenolic OH excluding ortho intramolecular Hbond substituents is 1. The van der Waals surface area contributed by atoms with Gasteiger partial charge in [0.15, 0.2) is 11.6 Å². The van der Waals surface area contributed by atoms with Crippen LogP contribution >= 0.6 is 0 Å². The summed E-state index contributed by atoms with van der Waals surface area (Å²) < 4.78 is 0. The van der Waals surface area contributed by atoms with Crippen molar-refractivity contribution in [1.82, 2.24) is 0 Å². The predicted molar refractivity (Wildman–Crippen MR) is 116 cm³/mol. The van der Waals surface area contributed by atoms with Crippen molar-refractivity contribution in [2.75, 3.05) is 0 Å². The molecule has 148 valence electrons. The summed E-state index contributed by atoms with van der Waals surface area (Å²) in [5, 5.41) is 10.6. The van der Waals surface area contributed by atoms with Gasteiger partial charge in [0.2, 0.25) is 0 Å². The van der Waals surface area contributed by atoms with Gasteiger partial charge in [0, 0.05) is 16.7 Å². The average molecular weight is 386 g/mol. The maximum absolute atomic E-state index is 13.5. The van der Waals surface area contributed by atoms with Crippen LogP contribution in [-0.2, 0) is 0 Å². The van der Waals surface area contributed by atoms with E-state index in [1.165, 1.54) is 6.07 Å². The first-order chi connectivity index (χ1) is 13.6. The molecule has 1 N–H and O–H groups in total. The summed E-state index contributed by atoms with van der Waals surface area (Å²) in [7, 11) is 0. The Labute approximate surface area is 172 Å². The summed E-state index contributed by atoms with van der Waals surface area (Å²) in [5.74, 6) is -0.756. The largest absolute Gasteiger partial charge is 0.507 e. The van der Waals surface area contributed by atoms with Crippen LogP contribution in [0.15, 0.2) is 42.5 Å². The Bertz CT molecular complexity index is 1110. The molecule has 3 rings (SSSR count). The van der Waals surface area contributed by atoms with E-state index in [1.807, 2.05) is 65.8 Å². The lowest BCUT2D eigenvalue weighted by atomic mass is 9.86. The molecule has 3 aromatic rings. The maximum atomic E-state index is 13.5. The highest BCUT2D eigenvalue weighted by Crippen LogP contribution is 2.30. The van der Waals surface area contributed by atoms with Crippen LogP contribution in [0, 0.1) is 41.5 Å². The number of carbonyl (C=O) groups excluding carboxylic acids is 2. The van der Waals surface area contributed by atoms with Crippen LogP contribution in [0.1, 0.15) is 65.2 Å². The fourth-order valence-electron chi connectivity index (χ4n) is 4.30. The van der Waals surface area contributed by atoms with Crippen molar-refractivity contribution in [2.45, 2.75) is 41.5 Å². The molecule has 0 aliphatic heterocycles. The lowest BCUT2D eigenvalue weighted by Gasteiger charge is -2.16. The highest BCUT2D eigenvalue weighted by atomic mass is 16.3. The van der Waals surface area contributed by atoms with E-state index in [1.54, 1.807) is 12.1 Å². The number of hydrogen-bond donors (Lipinski definition) is 1. The molecule has 0 saturated heterocycles. The van der Waals surface area contributed by atoms with E-state index in [0.29, 0.717) is 11.1 Å². The first kappa shape index (κ1) is 20.5. The van der Waals surface area contributed by atoms with E-state index in [2.05, 4.69) is 0 Å². The summed E-state index contributed by atoms with van der Waals surface area (Å²) in [6, 6.07) is 12.5. The van der Waals surface area contributed by atoms with E-state index in [9.17, 15) is 14.7 Å². The molecule has 0 amide bonds. The minimum atomic E-state index is -0.330. The second-order valence-electron chi connectivity index (χ2n) is 7.91. The average Bonchev–Trinajstić information content (AvgIpc) is 2.59. The zero-order valence-electron chi connectivity index (χ0n) is 17.8. The summed E-state index contributed by atoms with van der Waals surface area (Å²) in [4.78, 5) is 27.0. The molecule has 29 heavy (non-hydrogen) atoms. The van der Waals surface area contributed by atoms with Gasteiger partial charge in [-0.25, -0.2) is 0 Å². The van der Waals surface area contributed by atoms with Crippen molar-refractivity contribution >= 4 is 11.6 Å². The lowest BCUT2D eigenvalue weighted by molar-refractivity contribution is 0.0999. The van der Waals surface area contributed by atoms with Crippen LogP contribution in [0.5, 0.6) is 5.75 Å². The van der Waals surface area contributed by atoms with Crippen molar-refractivity contribution in [3.8, 4) is 5.75 Å². The molecule has 0 aliphatic rings. The van der Waals surface area contributed by atoms with Gasteiger partial charge in [0.25, 0.3) is 0 Å². The van der Waals surface area contributed by atoms with E-state index >= 15 is 0 Å². The first-order valence-electron chi connectivity index (χ1n) is 9.69. The monoisotopic (exact) mass is 386 g/mol. The summed E-state index contributed by atoms with van der Waals surface area (Å²) >= 11 is 0. The molecule has 0 heterocycles. The number of benzene rings is 3. The number of aryl methyl sites for hydroxylation is 6. The fourth-order valence-corrected chi connectivity index (χ4v) is 4.30. The van der Waals surface area contributed by atoms with Crippen LogP contribution < -0.4 is 0 Å². The molecule has 0 aliphatic carbocycles. The van der Waals surface area contributed by atoms with Crippen molar-refractivity contribution in [3.63, 3.8) is 0 Å². The van der Waals surface area contributed by atoms with Crippen LogP contribution in [0.2, 0.25) is 0 Å². The Hall–Kier alpha value is -3.20. The normalized spacial score (nSPS) is 10.8. The SMILES string of the molecule is Cc1cc(C)c(C(=O)c2cccc(O)c2C(=O)c2c(C)cc(C)cc2C)c(C)c1. The van der Waals surface area contributed by atoms with Crippen LogP contribution in [0.3, 0.4) is 0 Å². The molecule has 3 nitrogen and oxygen atoms in total. The van der Waals surface area contributed by atoms with Crippen molar-refractivity contribution in [1.29, 1.82) is 0 Å². The first-order valence-corrected chi connectivity index (χ1v) is 9.69. The third-order valence-corrected chi connectivity index (χ3v) is 5.32. The van der Waals surface area contributed by atoms with E-state index in [0.717, 1.165) is 33.4 Å². The smallest absolute Gasteiger partial charge is 0.198 e. The fraction of sp³-hybridized carbons (Fsp3) is 0.231. The summed E-state index contributed by atoms with van der Waals surface area (Å²) in [6.45, 7) is 11.5. The standard InChI is InChI=1S/C26H26O3/c1-14-10-16(3)22(17(4)11-14)25(28)20-8-7-9-21(27)24(20)26(29)23-18(5)12-15(2)13-19(23)6/h7-13,27H,1-6H3. The molecule has 0 radical (unpaired) electrons. The van der Waals surface area contributed by atoms with Crippen LogP contribution in [0.25, 0.3) is 0 Å². The molecule has 0 atom stereocenters. The topological polar surface area (TPSA) is 54.4 Å². The Kier molecular flexibility index (Phi) is 5.43. The second-order valence-corrected chi connectivity index (χ2v) is 7.91. The molecule has 0 aromatic heterocycles. The van der Waals surface area contributed by atoms with Crippen LogP contribution in [-0.4, -0.2) is 16.7 Å². The Morgan fingerprint density at radius 2 is 1.03 bits per heavy atom. The highest BCUT2D eigenvalue weighted by Gasteiger charge is 2.26. The van der Waals surface area contributed by atoms with Crippen molar-refractivity contribution in [2.24, 2.45) is 0 Å². The van der Waals surface area contributed by atoms with Gasteiger partial charge in [-0.15, -0.1) is 0 Å². The van der Waals surface area contributed by atoms with Gasteiger partial charge in [-0.3, -0.25) is 9.59 Å². The van der Waals surface area contributed by atoms with E-state index < -0.39 is 0 Å². The van der Waals surface area contributed by atoms with Crippen LogP contribution in [0.4, 0.5) is 0 Å². The molecule has 0 fully saturated rings. The Morgan fingerprint density at radius 1 is 0.621 bits per heavy atom. The van der Waals surface area contributed by atoms with Gasteiger partial charge in [0.1, 0.15) is 5.75 Å². The van der Waals surface area contributed by atoms with Gasteiger partial charge >= 0.3 is 0 Å². The maximum Gasteiger partial charge on any atom is 0.198 e. The number of aromatic hydroxyl groups is 1. The third kappa shape index (κ3) is 3.73. The molecular formula is C26H26O3. The molecule has 0 spiro atoms. The van der Waals surface area contributed by atoms with E-state index in [-0.39, 0.29) is 28.4 Å². The predicted octanol–water partition coefficient (Wildman–Crippen LogP) is 5.70. The molecule has 3 aromatic carbocycles. The minimum Gasteiger partial charge on any atom is -0.507 e. The summed E-state index contributed by atoms with van der Waals surface area (Å²) in [6.07, 6.45) is 0. The molecule has 0 unspecified atom stereocenters. The van der Waals surface area contributed by atoms with Crippen molar-refractivity contribution in [3.05, 3.63) is 98.1 Å². The second kappa shape index (κ2) is 7.67. The van der Waals surface area contributed by atoms with Gasteiger partial charge in [-0.2, -0.15) is 0 Å². The van der Waals surface area contributed by atoms with Crippen molar-refractivity contribution < 1.29 is 14.7 Å². The molecule has 0 saturated carbocycles. The zero-order valence-corrected chi connectivity index (χ0v) is 17.8.